The first-order valence-electron chi connectivity index (χ1n) is 29.5. The lowest BCUT2D eigenvalue weighted by Crippen LogP contribution is -2.30. The number of rotatable bonds is 52. The lowest BCUT2D eigenvalue weighted by atomic mass is 10.0. The lowest BCUT2D eigenvalue weighted by molar-refractivity contribution is -0.167. The van der Waals surface area contributed by atoms with Crippen molar-refractivity contribution in [1.29, 1.82) is 0 Å². The fraction of sp³-hybridized carbons (Fsp3) is 0.652. The van der Waals surface area contributed by atoms with Gasteiger partial charge in [0.2, 0.25) is 0 Å². The summed E-state index contributed by atoms with van der Waals surface area (Å²) in [5.74, 6) is -0.993. The van der Waals surface area contributed by atoms with Crippen molar-refractivity contribution in [2.45, 2.75) is 264 Å². The Kier molecular flexibility index (Phi) is 55.9. The van der Waals surface area contributed by atoms with Gasteiger partial charge < -0.3 is 14.2 Å². The highest BCUT2D eigenvalue weighted by atomic mass is 16.6. The summed E-state index contributed by atoms with van der Waals surface area (Å²) in [6.45, 7) is 6.35. The molecule has 1 atom stereocenters. The van der Waals surface area contributed by atoms with Crippen molar-refractivity contribution in [3.05, 3.63) is 122 Å². The second kappa shape index (κ2) is 59.4. The molecule has 0 saturated heterocycles. The van der Waals surface area contributed by atoms with Gasteiger partial charge in [0.1, 0.15) is 13.2 Å². The second-order valence-corrected chi connectivity index (χ2v) is 19.1. The van der Waals surface area contributed by atoms with Gasteiger partial charge in [0.25, 0.3) is 0 Å². The Bertz CT molecular complexity index is 1520. The normalized spacial score (nSPS) is 13.0. The average molecular weight is 998 g/mol. The minimum atomic E-state index is -0.816. The van der Waals surface area contributed by atoms with E-state index in [0.29, 0.717) is 32.1 Å². The molecule has 0 aromatic carbocycles. The van der Waals surface area contributed by atoms with Crippen molar-refractivity contribution in [2.24, 2.45) is 0 Å². The smallest absolute Gasteiger partial charge is 0.306 e. The maximum absolute atomic E-state index is 12.9. The van der Waals surface area contributed by atoms with E-state index in [0.717, 1.165) is 109 Å². The molecular weight excluding hydrogens is 889 g/mol. The van der Waals surface area contributed by atoms with Gasteiger partial charge in [-0.1, -0.05) is 251 Å². The molecule has 0 N–H and O–H groups in total. The largest absolute Gasteiger partial charge is 0.462 e. The van der Waals surface area contributed by atoms with Crippen LogP contribution in [-0.4, -0.2) is 37.2 Å². The topological polar surface area (TPSA) is 78.9 Å². The highest BCUT2D eigenvalue weighted by molar-refractivity contribution is 5.71. The number of hydrogen-bond acceptors (Lipinski definition) is 6. The molecule has 0 aliphatic carbocycles. The first-order valence-corrected chi connectivity index (χ1v) is 29.5. The monoisotopic (exact) mass is 997 g/mol. The van der Waals surface area contributed by atoms with E-state index in [-0.39, 0.29) is 31.1 Å². The number of allylic oxidation sites excluding steroid dienone is 20. The Hall–Kier alpha value is -4.19. The maximum Gasteiger partial charge on any atom is 0.306 e. The highest BCUT2D eigenvalue weighted by Gasteiger charge is 2.19. The van der Waals surface area contributed by atoms with Crippen molar-refractivity contribution in [3.8, 4) is 0 Å². The summed E-state index contributed by atoms with van der Waals surface area (Å²) in [5.41, 5.74) is 0. The van der Waals surface area contributed by atoms with Gasteiger partial charge in [-0.3, -0.25) is 14.4 Å². The fourth-order valence-electron chi connectivity index (χ4n) is 7.85. The summed E-state index contributed by atoms with van der Waals surface area (Å²) in [6, 6.07) is 0. The van der Waals surface area contributed by atoms with E-state index in [9.17, 15) is 14.4 Å². The van der Waals surface area contributed by atoms with Crippen LogP contribution in [0.15, 0.2) is 122 Å². The van der Waals surface area contributed by atoms with Crippen molar-refractivity contribution < 1.29 is 28.6 Å². The quantitative estimate of drug-likeness (QED) is 0.0261. The predicted octanol–water partition coefficient (Wildman–Crippen LogP) is 20.0. The van der Waals surface area contributed by atoms with Crippen molar-refractivity contribution in [1.82, 2.24) is 0 Å². The zero-order chi connectivity index (χ0) is 52.2. The van der Waals surface area contributed by atoms with Crippen LogP contribution in [0.5, 0.6) is 0 Å². The molecule has 0 fully saturated rings. The van der Waals surface area contributed by atoms with Gasteiger partial charge in [0.15, 0.2) is 6.10 Å². The Balaban J connectivity index is 4.51. The molecule has 0 bridgehead atoms. The van der Waals surface area contributed by atoms with Crippen LogP contribution in [-0.2, 0) is 28.6 Å². The van der Waals surface area contributed by atoms with Crippen LogP contribution in [0.2, 0.25) is 0 Å². The van der Waals surface area contributed by atoms with E-state index in [1.54, 1.807) is 0 Å². The number of unbranched alkanes of at least 4 members (excludes halogenated alkanes) is 21. The van der Waals surface area contributed by atoms with E-state index >= 15 is 0 Å². The molecular formula is C66H108O6. The van der Waals surface area contributed by atoms with Gasteiger partial charge in [-0.25, -0.2) is 0 Å². The van der Waals surface area contributed by atoms with Crippen molar-refractivity contribution in [3.63, 3.8) is 0 Å². The van der Waals surface area contributed by atoms with E-state index in [2.05, 4.69) is 142 Å². The summed E-state index contributed by atoms with van der Waals surface area (Å²) < 4.78 is 16.8. The second-order valence-electron chi connectivity index (χ2n) is 19.1. The third kappa shape index (κ3) is 56.7. The van der Waals surface area contributed by atoms with Crippen LogP contribution in [0.3, 0.4) is 0 Å². The van der Waals surface area contributed by atoms with Crippen molar-refractivity contribution in [2.75, 3.05) is 13.2 Å². The molecule has 0 aliphatic heterocycles. The minimum Gasteiger partial charge on any atom is -0.462 e. The predicted molar refractivity (Wildman–Crippen MR) is 311 cm³/mol. The molecule has 6 nitrogen and oxygen atoms in total. The van der Waals surface area contributed by atoms with Gasteiger partial charge in [0.05, 0.1) is 0 Å². The molecule has 1 unspecified atom stereocenters. The van der Waals surface area contributed by atoms with E-state index in [1.807, 2.05) is 0 Å². The van der Waals surface area contributed by atoms with Crippen LogP contribution in [0.25, 0.3) is 0 Å². The number of ether oxygens (including phenoxy) is 3. The van der Waals surface area contributed by atoms with Crippen molar-refractivity contribution >= 4 is 17.9 Å². The van der Waals surface area contributed by atoms with Gasteiger partial charge in [0, 0.05) is 19.3 Å². The molecule has 6 heteroatoms. The molecule has 0 amide bonds. The first kappa shape index (κ1) is 67.8. The fourth-order valence-corrected chi connectivity index (χ4v) is 7.85. The Labute approximate surface area is 443 Å². The first-order chi connectivity index (χ1) is 35.5. The van der Waals surface area contributed by atoms with Crippen LogP contribution in [0, 0.1) is 0 Å². The minimum absolute atomic E-state index is 0.115. The number of esters is 3. The molecule has 0 aromatic rings. The molecule has 0 rings (SSSR count). The number of hydrogen-bond donors (Lipinski definition) is 0. The van der Waals surface area contributed by atoms with Crippen LogP contribution in [0.4, 0.5) is 0 Å². The van der Waals surface area contributed by atoms with Gasteiger partial charge >= 0.3 is 17.9 Å². The Morgan fingerprint density at radius 2 is 0.542 bits per heavy atom. The molecule has 0 spiro atoms. The molecule has 0 radical (unpaired) electrons. The Morgan fingerprint density at radius 3 is 0.847 bits per heavy atom. The average Bonchev–Trinajstić information content (AvgIpc) is 3.38. The summed E-state index contributed by atoms with van der Waals surface area (Å²) in [5, 5.41) is 0. The van der Waals surface area contributed by atoms with Gasteiger partial charge in [-0.2, -0.15) is 0 Å². The third-order valence-electron chi connectivity index (χ3n) is 12.2. The van der Waals surface area contributed by atoms with E-state index < -0.39 is 6.10 Å². The van der Waals surface area contributed by atoms with Crippen LogP contribution in [0.1, 0.15) is 258 Å². The molecule has 408 valence electrons. The number of carbonyl (C=O) groups is 3. The zero-order valence-corrected chi connectivity index (χ0v) is 46.7. The maximum atomic E-state index is 12.9. The van der Waals surface area contributed by atoms with Crippen LogP contribution < -0.4 is 0 Å². The summed E-state index contributed by atoms with van der Waals surface area (Å²) in [7, 11) is 0. The van der Waals surface area contributed by atoms with E-state index in [1.165, 1.54) is 96.3 Å². The van der Waals surface area contributed by atoms with Gasteiger partial charge in [-0.05, 0) is 109 Å². The third-order valence-corrected chi connectivity index (χ3v) is 12.2. The zero-order valence-electron chi connectivity index (χ0n) is 46.7. The molecule has 0 saturated carbocycles. The summed E-state index contributed by atoms with van der Waals surface area (Å²) in [4.78, 5) is 38.2. The standard InChI is InChI=1S/C66H108O6/c1-4-7-10-13-16-19-22-25-28-30-32-33-34-36-38-41-44-47-50-53-56-59-65(68)71-62-63(61-70-64(67)58-55-52-49-46-43-40-37-27-24-21-18-15-12-9-6-3)72-66(69)60-57-54-51-48-45-42-39-35-31-29-26-23-20-17-14-11-8-5-2/h7,9-10,12,16,18-19,21,25,27-28,32-33,36-38,43-44,46-47,63H,4-6,8,11,13-15,17,20,22-24,26,29-31,34-35,39-42,45,48-62H2,1-3H3/b10-7-,12-9-,19-16-,21-18-,28-25-,33-32-,37-27-,38-36-,46-43-,47-44-. The molecule has 0 aromatic heterocycles. The summed E-state index contributed by atoms with van der Waals surface area (Å²) in [6.07, 6.45) is 82.0. The van der Waals surface area contributed by atoms with E-state index in [4.69, 9.17) is 14.2 Å². The number of carbonyl (C=O) groups excluding carboxylic acids is 3. The molecule has 0 heterocycles. The summed E-state index contributed by atoms with van der Waals surface area (Å²) >= 11 is 0. The van der Waals surface area contributed by atoms with Gasteiger partial charge in [-0.15, -0.1) is 0 Å². The lowest BCUT2D eigenvalue weighted by Gasteiger charge is -2.18. The van der Waals surface area contributed by atoms with Crippen LogP contribution >= 0.6 is 0 Å². The molecule has 0 aliphatic rings. The Morgan fingerprint density at radius 1 is 0.292 bits per heavy atom. The SMILES string of the molecule is CC/C=C\C/C=C\C/C=C\C/C=C\C/C=C\C/C=C\CCCCC(=O)OCC(COC(=O)CCCC/C=C\C/C=C\C/C=C\C/C=C\CC)OC(=O)CCCCCCCCCCCCCCCCCCCC. The highest BCUT2D eigenvalue weighted by Crippen LogP contribution is 2.16. The molecule has 72 heavy (non-hydrogen) atoms.